The molecule has 0 aromatic rings. The zero-order chi connectivity index (χ0) is 16.9. The summed E-state index contributed by atoms with van der Waals surface area (Å²) >= 11 is 0. The van der Waals surface area contributed by atoms with Crippen LogP contribution in [-0.2, 0) is 14.3 Å². The first-order valence-corrected chi connectivity index (χ1v) is 7.26. The minimum absolute atomic E-state index is 0.228. The average Bonchev–Trinajstić information content (AvgIpc) is 2.84. The SMILES string of the molecule is C=CC(C(=O)CNC(=O)OC(C)(C)C)N1CCCC1C(=O)O. The second-order valence-electron chi connectivity index (χ2n) is 6.24. The summed E-state index contributed by atoms with van der Waals surface area (Å²) in [5, 5.41) is 11.6. The number of aliphatic carboxylic acids is 1. The van der Waals surface area contributed by atoms with Gasteiger partial charge in [0.25, 0.3) is 0 Å². The molecule has 7 heteroatoms. The van der Waals surface area contributed by atoms with Gasteiger partial charge in [0, 0.05) is 6.54 Å². The first-order chi connectivity index (χ1) is 10.2. The number of rotatable bonds is 6. The predicted octanol–water partition coefficient (Wildman–Crippen LogP) is 1.18. The Kier molecular flexibility index (Phi) is 6.11. The van der Waals surface area contributed by atoms with Crippen LogP contribution < -0.4 is 5.32 Å². The summed E-state index contributed by atoms with van der Waals surface area (Å²) in [6, 6.07) is -1.41. The van der Waals surface area contributed by atoms with Crippen LogP contribution in [0.1, 0.15) is 33.6 Å². The van der Waals surface area contributed by atoms with Crippen LogP contribution in [0.3, 0.4) is 0 Å². The van der Waals surface area contributed by atoms with E-state index >= 15 is 0 Å². The van der Waals surface area contributed by atoms with E-state index in [1.54, 1.807) is 25.7 Å². The number of hydrogen-bond acceptors (Lipinski definition) is 5. The highest BCUT2D eigenvalue weighted by atomic mass is 16.6. The van der Waals surface area contributed by atoms with Gasteiger partial charge in [-0.1, -0.05) is 6.08 Å². The Morgan fingerprint density at radius 1 is 1.45 bits per heavy atom. The number of ether oxygens (including phenoxy) is 1. The Morgan fingerprint density at radius 3 is 2.59 bits per heavy atom. The summed E-state index contributed by atoms with van der Waals surface area (Å²) in [5.41, 5.74) is -0.645. The molecule has 0 saturated carbocycles. The number of amides is 1. The minimum Gasteiger partial charge on any atom is -0.480 e. The summed E-state index contributed by atoms with van der Waals surface area (Å²) in [6.07, 6.45) is 1.96. The molecule has 1 heterocycles. The molecule has 2 atom stereocenters. The molecule has 0 spiro atoms. The van der Waals surface area contributed by atoms with Gasteiger partial charge in [0.05, 0.1) is 12.6 Å². The molecule has 1 amide bonds. The van der Waals surface area contributed by atoms with Crippen molar-refractivity contribution < 1.29 is 24.2 Å². The molecule has 0 bridgehead atoms. The van der Waals surface area contributed by atoms with Gasteiger partial charge < -0.3 is 15.2 Å². The Hall–Kier alpha value is -1.89. The second-order valence-corrected chi connectivity index (χ2v) is 6.24. The van der Waals surface area contributed by atoms with Crippen LogP contribution >= 0.6 is 0 Å². The van der Waals surface area contributed by atoms with Gasteiger partial charge in [-0.25, -0.2) is 4.79 Å². The number of carbonyl (C=O) groups excluding carboxylic acids is 2. The monoisotopic (exact) mass is 312 g/mol. The van der Waals surface area contributed by atoms with Gasteiger partial charge in [0.2, 0.25) is 0 Å². The molecule has 0 aromatic heterocycles. The number of alkyl carbamates (subject to hydrolysis) is 1. The van der Waals surface area contributed by atoms with Gasteiger partial charge in [-0.15, -0.1) is 6.58 Å². The number of likely N-dealkylation sites (tertiary alicyclic amines) is 1. The van der Waals surface area contributed by atoms with Crippen molar-refractivity contribution in [3.8, 4) is 0 Å². The summed E-state index contributed by atoms with van der Waals surface area (Å²) in [4.78, 5) is 36.6. The Morgan fingerprint density at radius 2 is 2.09 bits per heavy atom. The molecule has 1 aliphatic heterocycles. The number of Topliss-reactive ketones (excluding diaryl/α,β-unsaturated/α-hetero) is 1. The molecule has 124 valence electrons. The van der Waals surface area contributed by atoms with Crippen molar-refractivity contribution in [1.29, 1.82) is 0 Å². The van der Waals surface area contributed by atoms with Gasteiger partial charge >= 0.3 is 12.1 Å². The summed E-state index contributed by atoms with van der Waals surface area (Å²) in [5.74, 6) is -1.26. The zero-order valence-electron chi connectivity index (χ0n) is 13.3. The lowest BCUT2D eigenvalue weighted by Crippen LogP contribution is -2.49. The second kappa shape index (κ2) is 7.40. The van der Waals surface area contributed by atoms with Crippen LogP contribution in [0.25, 0.3) is 0 Å². The lowest BCUT2D eigenvalue weighted by Gasteiger charge is -2.28. The highest BCUT2D eigenvalue weighted by Gasteiger charge is 2.37. The number of carboxylic acid groups (broad SMARTS) is 1. The molecular formula is C15H24N2O5. The lowest BCUT2D eigenvalue weighted by molar-refractivity contribution is -0.143. The highest BCUT2D eigenvalue weighted by Crippen LogP contribution is 2.21. The highest BCUT2D eigenvalue weighted by molar-refractivity contribution is 5.90. The molecule has 1 fully saturated rings. The third-order valence-electron chi connectivity index (χ3n) is 3.30. The Bertz CT molecular complexity index is 455. The molecule has 0 radical (unpaired) electrons. The molecule has 7 nitrogen and oxygen atoms in total. The van der Waals surface area contributed by atoms with Crippen LogP contribution in [0, 0.1) is 0 Å². The quantitative estimate of drug-likeness (QED) is 0.715. The van der Waals surface area contributed by atoms with E-state index in [9.17, 15) is 19.5 Å². The van der Waals surface area contributed by atoms with Gasteiger partial charge in [-0.2, -0.15) is 0 Å². The molecule has 0 aliphatic carbocycles. The molecular weight excluding hydrogens is 288 g/mol. The molecule has 2 unspecified atom stereocenters. The van der Waals surface area contributed by atoms with Crippen LogP contribution in [0.4, 0.5) is 4.79 Å². The van der Waals surface area contributed by atoms with Gasteiger partial charge in [0.1, 0.15) is 11.6 Å². The van der Waals surface area contributed by atoms with Crippen LogP contribution in [-0.4, -0.2) is 58.6 Å². The zero-order valence-corrected chi connectivity index (χ0v) is 13.3. The molecule has 1 rings (SSSR count). The van der Waals surface area contributed by atoms with E-state index in [-0.39, 0.29) is 12.3 Å². The van der Waals surface area contributed by atoms with E-state index in [0.29, 0.717) is 19.4 Å². The van der Waals surface area contributed by atoms with E-state index in [4.69, 9.17) is 4.74 Å². The smallest absolute Gasteiger partial charge is 0.408 e. The Balaban J connectivity index is 2.60. The molecule has 22 heavy (non-hydrogen) atoms. The molecule has 2 N–H and O–H groups in total. The van der Waals surface area contributed by atoms with Crippen LogP contribution in [0.2, 0.25) is 0 Å². The maximum atomic E-state index is 12.2. The van der Waals surface area contributed by atoms with E-state index < -0.39 is 29.7 Å². The number of carbonyl (C=O) groups is 3. The van der Waals surface area contributed by atoms with Crippen molar-refractivity contribution in [2.24, 2.45) is 0 Å². The fraction of sp³-hybridized carbons (Fsp3) is 0.667. The average molecular weight is 312 g/mol. The first-order valence-electron chi connectivity index (χ1n) is 7.26. The predicted molar refractivity (Wildman–Crippen MR) is 80.6 cm³/mol. The third kappa shape index (κ3) is 5.14. The summed E-state index contributed by atoms with van der Waals surface area (Å²) in [6.45, 7) is 9.07. The summed E-state index contributed by atoms with van der Waals surface area (Å²) in [7, 11) is 0. The van der Waals surface area contributed by atoms with Gasteiger partial charge in [0.15, 0.2) is 5.78 Å². The van der Waals surface area contributed by atoms with Crippen LogP contribution in [0.15, 0.2) is 12.7 Å². The maximum absolute atomic E-state index is 12.2. The molecule has 1 aliphatic rings. The Labute approximate surface area is 130 Å². The van der Waals surface area contributed by atoms with E-state index in [2.05, 4.69) is 11.9 Å². The van der Waals surface area contributed by atoms with Crippen molar-refractivity contribution in [1.82, 2.24) is 10.2 Å². The van der Waals surface area contributed by atoms with Crippen LogP contribution in [0.5, 0.6) is 0 Å². The number of nitrogens with zero attached hydrogens (tertiary/aromatic N) is 1. The van der Waals surface area contributed by atoms with E-state index in [1.165, 1.54) is 6.08 Å². The number of carboxylic acids is 1. The minimum atomic E-state index is -0.947. The fourth-order valence-corrected chi connectivity index (χ4v) is 2.42. The first kappa shape index (κ1) is 18.2. The van der Waals surface area contributed by atoms with Gasteiger partial charge in [-0.05, 0) is 33.6 Å². The number of ketones is 1. The summed E-state index contributed by atoms with van der Waals surface area (Å²) < 4.78 is 5.05. The van der Waals surface area contributed by atoms with Crippen molar-refractivity contribution in [3.05, 3.63) is 12.7 Å². The van der Waals surface area contributed by atoms with Crippen molar-refractivity contribution in [3.63, 3.8) is 0 Å². The standard InChI is InChI=1S/C15H24N2O5/c1-5-10(17-8-6-7-11(17)13(19)20)12(18)9-16-14(21)22-15(2,3)4/h5,10-11H,1,6-9H2,2-4H3,(H,16,21)(H,19,20). The van der Waals surface area contributed by atoms with E-state index in [1.807, 2.05) is 0 Å². The topological polar surface area (TPSA) is 95.9 Å². The fourth-order valence-electron chi connectivity index (χ4n) is 2.42. The van der Waals surface area contributed by atoms with Crippen molar-refractivity contribution in [2.45, 2.75) is 51.3 Å². The third-order valence-corrected chi connectivity index (χ3v) is 3.30. The van der Waals surface area contributed by atoms with Crippen molar-refractivity contribution in [2.75, 3.05) is 13.1 Å². The van der Waals surface area contributed by atoms with Crippen molar-refractivity contribution >= 4 is 17.8 Å². The molecule has 0 aromatic carbocycles. The normalized spacial score (nSPS) is 20.2. The van der Waals surface area contributed by atoms with Gasteiger partial charge in [-0.3, -0.25) is 14.5 Å². The lowest BCUT2D eigenvalue weighted by atomic mass is 10.1. The number of hydrogen-bond donors (Lipinski definition) is 2. The molecule has 1 saturated heterocycles. The number of nitrogens with one attached hydrogen (secondary N) is 1. The van der Waals surface area contributed by atoms with E-state index in [0.717, 1.165) is 0 Å². The largest absolute Gasteiger partial charge is 0.480 e. The maximum Gasteiger partial charge on any atom is 0.408 e.